The fraction of sp³-hybridized carbons (Fsp3) is 0.194. The molecule has 0 aliphatic heterocycles. The van der Waals surface area contributed by atoms with Crippen molar-refractivity contribution in [2.45, 2.75) is 33.4 Å². The lowest BCUT2D eigenvalue weighted by atomic mass is 10.1. The second-order valence-electron chi connectivity index (χ2n) is 9.44. The van der Waals surface area contributed by atoms with Crippen LogP contribution in [-0.2, 0) is 11.3 Å². The number of hydrogen-bond donors (Lipinski definition) is 0. The minimum absolute atomic E-state index is 0.173. The van der Waals surface area contributed by atoms with E-state index in [4.69, 9.17) is 25.7 Å². The summed E-state index contributed by atoms with van der Waals surface area (Å²) in [4.78, 5) is 34.1. The van der Waals surface area contributed by atoms with E-state index in [1.54, 1.807) is 58.2 Å². The zero-order chi connectivity index (χ0) is 27.5. The summed E-state index contributed by atoms with van der Waals surface area (Å²) in [6.07, 6.45) is 1.56. The fourth-order valence-corrected chi connectivity index (χ4v) is 4.66. The Kier molecular flexibility index (Phi) is 7.52. The second-order valence-corrected chi connectivity index (χ2v) is 9.87. The number of aromatic nitrogens is 2. The molecule has 2 heterocycles. The topological polar surface area (TPSA) is 77.6 Å². The van der Waals surface area contributed by atoms with Crippen molar-refractivity contribution >= 4 is 28.4 Å². The van der Waals surface area contributed by atoms with Gasteiger partial charge in [-0.25, -0.2) is 4.98 Å². The van der Waals surface area contributed by atoms with Crippen molar-refractivity contribution in [2.75, 3.05) is 6.61 Å². The molecule has 1 amide bonds. The molecule has 198 valence electrons. The first kappa shape index (κ1) is 26.3. The van der Waals surface area contributed by atoms with Crippen molar-refractivity contribution in [2.24, 2.45) is 0 Å². The monoisotopic (exact) mass is 541 g/mol. The zero-order valence-electron chi connectivity index (χ0n) is 21.9. The van der Waals surface area contributed by atoms with E-state index in [2.05, 4.69) is 0 Å². The summed E-state index contributed by atoms with van der Waals surface area (Å²) in [5, 5.41) is 1.08. The number of rotatable bonds is 8. The molecule has 39 heavy (non-hydrogen) atoms. The molecule has 0 saturated heterocycles. The van der Waals surface area contributed by atoms with Gasteiger partial charge in [0.1, 0.15) is 17.3 Å². The molecule has 0 N–H and O–H groups in total. The predicted molar refractivity (Wildman–Crippen MR) is 151 cm³/mol. The van der Waals surface area contributed by atoms with E-state index >= 15 is 0 Å². The third-order valence-electron chi connectivity index (χ3n) is 6.65. The highest BCUT2D eigenvalue weighted by atomic mass is 35.5. The van der Waals surface area contributed by atoms with Crippen molar-refractivity contribution in [1.82, 2.24) is 14.5 Å². The second kappa shape index (κ2) is 11.2. The molecule has 5 rings (SSSR count). The molecule has 0 aliphatic rings. The number of halogens is 1. The highest BCUT2D eigenvalue weighted by Crippen LogP contribution is 2.27. The molecule has 0 radical (unpaired) electrons. The number of para-hydroxylation sites is 1. The van der Waals surface area contributed by atoms with Crippen molar-refractivity contribution in [3.8, 4) is 11.4 Å². The minimum atomic E-state index is -0.603. The fourth-order valence-electron chi connectivity index (χ4n) is 4.53. The summed E-state index contributed by atoms with van der Waals surface area (Å²) in [5.41, 5.74) is 3.02. The van der Waals surface area contributed by atoms with Gasteiger partial charge in [-0.1, -0.05) is 35.9 Å². The molecule has 7 nitrogen and oxygen atoms in total. The smallest absolute Gasteiger partial charge is 0.266 e. The SMILES string of the molecule is Cc1ccc(C)c(-n2c(C(C)N(Cc3ccco3)C(=O)COc3ccc(Cl)cc3)nc3ccccc3c2=O)c1. The van der Waals surface area contributed by atoms with Crippen LogP contribution in [0.15, 0.2) is 94.3 Å². The van der Waals surface area contributed by atoms with Crippen LogP contribution >= 0.6 is 11.6 Å². The normalized spacial score (nSPS) is 11.9. The summed E-state index contributed by atoms with van der Waals surface area (Å²) in [7, 11) is 0. The standard InChI is InChI=1S/C31H28ClN3O4/c1-20-10-11-21(2)28(17-20)35-30(33-27-9-5-4-8-26(27)31(35)37)22(3)34(18-25-7-6-16-38-25)29(36)19-39-24-14-12-23(32)13-15-24/h4-17,22H,18-19H2,1-3H3. The molecule has 5 aromatic rings. The van der Waals surface area contributed by atoms with Crippen LogP contribution < -0.4 is 10.3 Å². The molecule has 8 heteroatoms. The number of fused-ring (bicyclic) bond motifs is 1. The lowest BCUT2D eigenvalue weighted by Crippen LogP contribution is -2.39. The number of amides is 1. The van der Waals surface area contributed by atoms with E-state index in [9.17, 15) is 9.59 Å². The van der Waals surface area contributed by atoms with Crippen LogP contribution in [0, 0.1) is 13.8 Å². The summed E-state index contributed by atoms with van der Waals surface area (Å²) in [6, 6.07) is 23.0. The van der Waals surface area contributed by atoms with Crippen molar-refractivity contribution in [3.63, 3.8) is 0 Å². The molecule has 0 aliphatic carbocycles. The van der Waals surface area contributed by atoms with Gasteiger partial charge in [0.25, 0.3) is 11.5 Å². The largest absolute Gasteiger partial charge is 0.484 e. The van der Waals surface area contributed by atoms with Gasteiger partial charge in [0.15, 0.2) is 6.61 Å². The number of furan rings is 1. The van der Waals surface area contributed by atoms with Gasteiger partial charge in [0.05, 0.1) is 35.4 Å². The molecule has 0 fully saturated rings. The summed E-state index contributed by atoms with van der Waals surface area (Å²) >= 11 is 5.98. The molecule has 1 unspecified atom stereocenters. The Labute approximate surface area is 231 Å². The summed E-state index contributed by atoms with van der Waals surface area (Å²) in [5.74, 6) is 1.28. The van der Waals surface area contributed by atoms with Gasteiger partial charge >= 0.3 is 0 Å². The quantitative estimate of drug-likeness (QED) is 0.226. The van der Waals surface area contributed by atoms with Crippen molar-refractivity contribution in [3.05, 3.63) is 123 Å². The first-order valence-electron chi connectivity index (χ1n) is 12.6. The van der Waals surface area contributed by atoms with E-state index in [1.807, 2.05) is 57.2 Å². The van der Waals surface area contributed by atoms with Gasteiger partial charge < -0.3 is 14.1 Å². The van der Waals surface area contributed by atoms with Crippen molar-refractivity contribution < 1.29 is 13.9 Å². The van der Waals surface area contributed by atoms with Crippen LogP contribution in [0.4, 0.5) is 0 Å². The Morgan fingerprint density at radius 3 is 2.56 bits per heavy atom. The maximum absolute atomic E-state index is 13.9. The van der Waals surface area contributed by atoms with E-state index in [0.29, 0.717) is 33.3 Å². The summed E-state index contributed by atoms with van der Waals surface area (Å²) < 4.78 is 13.0. The van der Waals surface area contributed by atoms with E-state index in [0.717, 1.165) is 16.8 Å². The van der Waals surface area contributed by atoms with Crippen LogP contribution in [0.5, 0.6) is 5.75 Å². The first-order chi connectivity index (χ1) is 18.8. The number of hydrogen-bond acceptors (Lipinski definition) is 5. The number of carbonyl (C=O) groups is 1. The Hall–Kier alpha value is -4.36. The maximum Gasteiger partial charge on any atom is 0.266 e. The van der Waals surface area contributed by atoms with E-state index < -0.39 is 6.04 Å². The van der Waals surface area contributed by atoms with Crippen LogP contribution in [-0.4, -0.2) is 27.0 Å². The Bertz CT molecular complexity index is 1680. The zero-order valence-corrected chi connectivity index (χ0v) is 22.7. The van der Waals surface area contributed by atoms with Gasteiger partial charge in [-0.3, -0.25) is 14.2 Å². The van der Waals surface area contributed by atoms with Crippen LogP contribution in [0.3, 0.4) is 0 Å². The number of ether oxygens (including phenoxy) is 1. The summed E-state index contributed by atoms with van der Waals surface area (Å²) in [6.45, 7) is 5.75. The van der Waals surface area contributed by atoms with E-state index in [-0.39, 0.29) is 24.6 Å². The average Bonchev–Trinajstić information content (AvgIpc) is 3.46. The number of nitrogens with zero attached hydrogens (tertiary/aromatic N) is 3. The van der Waals surface area contributed by atoms with Gasteiger partial charge in [0.2, 0.25) is 0 Å². The highest BCUT2D eigenvalue weighted by molar-refractivity contribution is 6.30. The Balaban J connectivity index is 1.60. The molecule has 1 atom stereocenters. The van der Waals surface area contributed by atoms with Gasteiger partial charge in [-0.15, -0.1) is 0 Å². The van der Waals surface area contributed by atoms with E-state index in [1.165, 1.54) is 0 Å². The van der Waals surface area contributed by atoms with Gasteiger partial charge in [-0.05, 0) is 86.5 Å². The first-order valence-corrected chi connectivity index (χ1v) is 13.0. The van der Waals surface area contributed by atoms with Crippen LogP contribution in [0.2, 0.25) is 5.02 Å². The molecular formula is C31H28ClN3O4. The average molecular weight is 542 g/mol. The molecule has 3 aromatic carbocycles. The third-order valence-corrected chi connectivity index (χ3v) is 6.90. The maximum atomic E-state index is 13.9. The lowest BCUT2D eigenvalue weighted by Gasteiger charge is -2.30. The molecule has 2 aromatic heterocycles. The lowest BCUT2D eigenvalue weighted by molar-refractivity contribution is -0.136. The van der Waals surface area contributed by atoms with Gasteiger partial charge in [-0.2, -0.15) is 0 Å². The predicted octanol–water partition coefficient (Wildman–Crippen LogP) is 6.42. The molecule has 0 saturated carbocycles. The Morgan fingerprint density at radius 2 is 1.82 bits per heavy atom. The van der Waals surface area contributed by atoms with Gasteiger partial charge in [0, 0.05) is 5.02 Å². The van der Waals surface area contributed by atoms with Crippen LogP contribution in [0.25, 0.3) is 16.6 Å². The Morgan fingerprint density at radius 1 is 1.05 bits per heavy atom. The van der Waals surface area contributed by atoms with Crippen molar-refractivity contribution in [1.29, 1.82) is 0 Å². The molecule has 0 bridgehead atoms. The number of benzene rings is 3. The van der Waals surface area contributed by atoms with Crippen LogP contribution in [0.1, 0.15) is 35.7 Å². The minimum Gasteiger partial charge on any atom is -0.484 e. The highest BCUT2D eigenvalue weighted by Gasteiger charge is 2.28. The number of aryl methyl sites for hydroxylation is 2. The third kappa shape index (κ3) is 5.59. The number of carbonyl (C=O) groups excluding carboxylic acids is 1. The molecular weight excluding hydrogens is 514 g/mol. The molecule has 0 spiro atoms.